The summed E-state index contributed by atoms with van der Waals surface area (Å²) in [5.41, 5.74) is 3.88. The van der Waals surface area contributed by atoms with Crippen LogP contribution >= 0.6 is 11.3 Å². The van der Waals surface area contributed by atoms with Crippen LogP contribution in [0, 0.1) is 0 Å². The molecule has 0 radical (unpaired) electrons. The zero-order valence-corrected chi connectivity index (χ0v) is 11.6. The highest BCUT2D eigenvalue weighted by Crippen LogP contribution is 2.10. The number of rotatable bonds is 5. The fraction of sp³-hybridized carbons (Fsp3) is 0.250. The predicted molar refractivity (Wildman–Crippen MR) is 72.2 cm³/mol. The first-order chi connectivity index (χ1) is 8.55. The summed E-state index contributed by atoms with van der Waals surface area (Å²) in [6.45, 7) is 1.42. The lowest BCUT2D eigenvalue weighted by Gasteiger charge is -2.04. The molecule has 0 spiro atoms. The van der Waals surface area contributed by atoms with Gasteiger partial charge in [-0.05, 0) is 17.7 Å². The Morgan fingerprint density at radius 1 is 1.22 bits per heavy atom. The molecule has 0 aliphatic heterocycles. The van der Waals surface area contributed by atoms with Gasteiger partial charge in [0.05, 0.1) is 16.1 Å². The average Bonchev–Trinajstić information content (AvgIpc) is 2.82. The second kappa shape index (κ2) is 5.60. The van der Waals surface area contributed by atoms with Gasteiger partial charge in [-0.2, -0.15) is 0 Å². The Morgan fingerprint density at radius 3 is 2.50 bits per heavy atom. The van der Waals surface area contributed by atoms with Crippen LogP contribution in [0.5, 0.6) is 0 Å². The average molecular weight is 282 g/mol. The summed E-state index contributed by atoms with van der Waals surface area (Å²) >= 11 is 1.57. The molecule has 0 aliphatic rings. The Morgan fingerprint density at radius 2 is 1.94 bits per heavy atom. The molecule has 1 aromatic heterocycles. The second-order valence-corrected chi connectivity index (χ2v) is 6.73. The van der Waals surface area contributed by atoms with Crippen molar-refractivity contribution in [1.82, 2.24) is 10.3 Å². The summed E-state index contributed by atoms with van der Waals surface area (Å²) in [7, 11) is -3.10. The van der Waals surface area contributed by atoms with E-state index in [4.69, 9.17) is 0 Å². The molecule has 0 saturated heterocycles. The van der Waals surface area contributed by atoms with E-state index in [0.29, 0.717) is 11.4 Å². The van der Waals surface area contributed by atoms with Crippen molar-refractivity contribution in [2.75, 3.05) is 6.26 Å². The molecule has 4 nitrogen and oxygen atoms in total. The number of hydrogen-bond acceptors (Lipinski definition) is 5. The normalized spacial score (nSPS) is 11.6. The molecular formula is C12H14N2O2S2. The first-order valence-electron chi connectivity index (χ1n) is 5.42. The molecule has 0 saturated carbocycles. The van der Waals surface area contributed by atoms with Crippen LogP contribution in [0.4, 0.5) is 0 Å². The van der Waals surface area contributed by atoms with Crippen molar-refractivity contribution in [2.45, 2.75) is 18.0 Å². The second-order valence-electron chi connectivity index (χ2n) is 4.00. The quantitative estimate of drug-likeness (QED) is 0.909. The van der Waals surface area contributed by atoms with Crippen molar-refractivity contribution < 1.29 is 8.42 Å². The van der Waals surface area contributed by atoms with Crippen molar-refractivity contribution in [3.8, 4) is 0 Å². The highest BCUT2D eigenvalue weighted by Gasteiger charge is 2.05. The lowest BCUT2D eigenvalue weighted by Crippen LogP contribution is -2.12. The Labute approximate surface area is 111 Å². The summed E-state index contributed by atoms with van der Waals surface area (Å²) in [6.07, 6.45) is 1.21. The molecule has 0 atom stereocenters. The standard InChI is InChI=1S/C12H14N2O2S2/c1-18(15,16)12-4-2-10(3-5-12)6-13-7-11-8-17-9-14-11/h2-5,8-9,13H,6-7H2,1H3. The van der Waals surface area contributed by atoms with E-state index in [9.17, 15) is 8.42 Å². The third-order valence-corrected chi connectivity index (χ3v) is 4.23. The molecule has 1 aromatic carbocycles. The molecule has 1 heterocycles. The monoisotopic (exact) mass is 282 g/mol. The number of hydrogen-bond donors (Lipinski definition) is 1. The molecule has 6 heteroatoms. The van der Waals surface area contributed by atoms with E-state index in [0.717, 1.165) is 17.8 Å². The Balaban J connectivity index is 1.91. The van der Waals surface area contributed by atoms with E-state index in [1.807, 2.05) is 17.5 Å². The van der Waals surface area contributed by atoms with Gasteiger partial charge in [0.2, 0.25) is 0 Å². The molecule has 2 rings (SSSR count). The maximum absolute atomic E-state index is 11.3. The highest BCUT2D eigenvalue weighted by molar-refractivity contribution is 7.90. The smallest absolute Gasteiger partial charge is 0.175 e. The summed E-state index contributed by atoms with van der Waals surface area (Å²) < 4.78 is 22.6. The van der Waals surface area contributed by atoms with E-state index in [2.05, 4.69) is 10.3 Å². The number of sulfone groups is 1. The van der Waals surface area contributed by atoms with Gasteiger partial charge in [-0.1, -0.05) is 12.1 Å². The van der Waals surface area contributed by atoms with Gasteiger partial charge in [-0.25, -0.2) is 13.4 Å². The summed E-state index contributed by atoms with van der Waals surface area (Å²) in [5.74, 6) is 0. The molecule has 1 N–H and O–H groups in total. The lowest BCUT2D eigenvalue weighted by atomic mass is 10.2. The van der Waals surface area contributed by atoms with Crippen molar-refractivity contribution in [1.29, 1.82) is 0 Å². The van der Waals surface area contributed by atoms with Crippen LogP contribution < -0.4 is 5.32 Å². The van der Waals surface area contributed by atoms with Crippen LogP contribution in [0.1, 0.15) is 11.3 Å². The molecule has 0 bridgehead atoms. The van der Waals surface area contributed by atoms with Gasteiger partial charge in [-0.15, -0.1) is 11.3 Å². The van der Waals surface area contributed by atoms with E-state index < -0.39 is 9.84 Å². The van der Waals surface area contributed by atoms with Crippen molar-refractivity contribution in [2.24, 2.45) is 0 Å². The minimum atomic E-state index is -3.10. The minimum Gasteiger partial charge on any atom is -0.307 e. The van der Waals surface area contributed by atoms with Crippen LogP contribution in [0.2, 0.25) is 0 Å². The van der Waals surface area contributed by atoms with Crippen LogP contribution in [-0.4, -0.2) is 19.7 Å². The van der Waals surface area contributed by atoms with E-state index >= 15 is 0 Å². The van der Waals surface area contributed by atoms with Gasteiger partial charge < -0.3 is 5.32 Å². The van der Waals surface area contributed by atoms with Crippen LogP contribution in [0.25, 0.3) is 0 Å². The number of nitrogens with zero attached hydrogens (tertiary/aromatic N) is 1. The van der Waals surface area contributed by atoms with Gasteiger partial charge >= 0.3 is 0 Å². The Hall–Kier alpha value is -1.24. The van der Waals surface area contributed by atoms with Gasteiger partial charge in [0, 0.05) is 24.7 Å². The number of thiazole rings is 1. The largest absolute Gasteiger partial charge is 0.307 e. The highest BCUT2D eigenvalue weighted by atomic mass is 32.2. The van der Waals surface area contributed by atoms with Crippen molar-refractivity contribution >= 4 is 21.2 Å². The van der Waals surface area contributed by atoms with Crippen molar-refractivity contribution in [3.63, 3.8) is 0 Å². The predicted octanol–water partition coefficient (Wildman–Crippen LogP) is 1.84. The molecular weight excluding hydrogens is 268 g/mol. The molecule has 0 fully saturated rings. The molecule has 2 aromatic rings. The molecule has 96 valence electrons. The fourth-order valence-corrected chi connectivity index (χ4v) is 2.70. The fourth-order valence-electron chi connectivity index (χ4n) is 1.51. The third-order valence-electron chi connectivity index (χ3n) is 2.47. The van der Waals surface area contributed by atoms with E-state index in [1.54, 1.807) is 29.0 Å². The lowest BCUT2D eigenvalue weighted by molar-refractivity contribution is 0.602. The minimum absolute atomic E-state index is 0.353. The number of nitrogens with one attached hydrogen (secondary N) is 1. The summed E-state index contributed by atoms with van der Waals surface area (Å²) in [4.78, 5) is 4.52. The van der Waals surface area contributed by atoms with Crippen LogP contribution in [0.3, 0.4) is 0 Å². The maximum atomic E-state index is 11.3. The summed E-state index contributed by atoms with van der Waals surface area (Å²) in [6, 6.07) is 6.92. The first kappa shape index (κ1) is 13.2. The van der Waals surface area contributed by atoms with E-state index in [-0.39, 0.29) is 0 Å². The zero-order valence-electron chi connectivity index (χ0n) is 9.96. The molecule has 0 aliphatic carbocycles. The zero-order chi connectivity index (χ0) is 13.0. The van der Waals surface area contributed by atoms with Crippen LogP contribution in [0.15, 0.2) is 40.1 Å². The van der Waals surface area contributed by atoms with Crippen molar-refractivity contribution in [3.05, 3.63) is 46.4 Å². The SMILES string of the molecule is CS(=O)(=O)c1ccc(CNCc2cscn2)cc1. The van der Waals surface area contributed by atoms with Gasteiger partial charge in [0.15, 0.2) is 9.84 Å². The molecule has 0 amide bonds. The van der Waals surface area contributed by atoms with E-state index in [1.165, 1.54) is 6.26 Å². The first-order valence-corrected chi connectivity index (χ1v) is 8.26. The summed E-state index contributed by atoms with van der Waals surface area (Å²) in [5, 5.41) is 5.26. The number of benzene rings is 1. The Kier molecular flexibility index (Phi) is 4.11. The Bertz CT molecular complexity index is 590. The van der Waals surface area contributed by atoms with Gasteiger partial charge in [0.1, 0.15) is 0 Å². The van der Waals surface area contributed by atoms with Gasteiger partial charge in [-0.3, -0.25) is 0 Å². The van der Waals surface area contributed by atoms with Crippen LogP contribution in [-0.2, 0) is 22.9 Å². The number of aromatic nitrogens is 1. The topological polar surface area (TPSA) is 59.1 Å². The maximum Gasteiger partial charge on any atom is 0.175 e. The third kappa shape index (κ3) is 3.63. The molecule has 18 heavy (non-hydrogen) atoms. The van der Waals surface area contributed by atoms with Gasteiger partial charge in [0.25, 0.3) is 0 Å². The molecule has 0 unspecified atom stereocenters.